The molecule has 0 unspecified atom stereocenters. The molecular weight excluding hydrogens is 174 g/mol. The number of rotatable bonds is 8. The molecule has 2 heteroatoms. The number of unbranched alkanes of at least 4 members (excludes halogenated alkanes) is 4. The van der Waals surface area contributed by atoms with Gasteiger partial charge in [-0.1, -0.05) is 39.5 Å². The summed E-state index contributed by atoms with van der Waals surface area (Å²) in [6, 6.07) is 0. The van der Waals surface area contributed by atoms with Gasteiger partial charge in [0.2, 0.25) is 5.91 Å². The Morgan fingerprint density at radius 1 is 0.929 bits per heavy atom. The van der Waals surface area contributed by atoms with Crippen LogP contribution in [0.15, 0.2) is 0 Å². The first kappa shape index (κ1) is 13.5. The lowest BCUT2D eigenvalue weighted by Gasteiger charge is -2.19. The molecule has 0 fully saturated rings. The quantitative estimate of drug-likeness (QED) is 0.550. The molecule has 0 saturated heterocycles. The van der Waals surface area contributed by atoms with Crippen LogP contribution >= 0.6 is 0 Å². The third-order valence-electron chi connectivity index (χ3n) is 2.47. The Labute approximate surface area is 88.7 Å². The lowest BCUT2D eigenvalue weighted by molar-refractivity contribution is -0.128. The SMILES string of the molecule is CCCCCCCN(CCC)C(C)=O. The molecule has 2 nitrogen and oxygen atoms in total. The fourth-order valence-electron chi connectivity index (χ4n) is 1.60. The van der Waals surface area contributed by atoms with Crippen molar-refractivity contribution in [2.24, 2.45) is 0 Å². The Morgan fingerprint density at radius 2 is 1.57 bits per heavy atom. The number of hydrogen-bond donors (Lipinski definition) is 0. The molecule has 0 bridgehead atoms. The van der Waals surface area contributed by atoms with E-state index in [0.29, 0.717) is 0 Å². The van der Waals surface area contributed by atoms with Crippen molar-refractivity contribution in [3.05, 3.63) is 0 Å². The molecule has 0 rings (SSSR count). The number of hydrogen-bond acceptors (Lipinski definition) is 1. The lowest BCUT2D eigenvalue weighted by Crippen LogP contribution is -2.30. The summed E-state index contributed by atoms with van der Waals surface area (Å²) in [4.78, 5) is 13.1. The van der Waals surface area contributed by atoms with Crippen LogP contribution in [0.25, 0.3) is 0 Å². The van der Waals surface area contributed by atoms with Gasteiger partial charge in [0.05, 0.1) is 0 Å². The average molecular weight is 199 g/mol. The van der Waals surface area contributed by atoms with Crippen molar-refractivity contribution in [2.75, 3.05) is 13.1 Å². The molecule has 0 aliphatic rings. The molecular formula is C12H25NO. The van der Waals surface area contributed by atoms with Crippen molar-refractivity contribution < 1.29 is 4.79 Å². The third-order valence-corrected chi connectivity index (χ3v) is 2.47. The molecule has 0 aliphatic carbocycles. The van der Waals surface area contributed by atoms with Crippen molar-refractivity contribution in [2.45, 2.75) is 59.3 Å². The number of carbonyl (C=O) groups excluding carboxylic acids is 1. The highest BCUT2D eigenvalue weighted by molar-refractivity contribution is 5.73. The van der Waals surface area contributed by atoms with Crippen molar-refractivity contribution in [1.29, 1.82) is 0 Å². The van der Waals surface area contributed by atoms with E-state index in [-0.39, 0.29) is 5.91 Å². The first-order valence-corrected chi connectivity index (χ1v) is 5.97. The zero-order valence-electron chi connectivity index (χ0n) is 10.0. The molecule has 0 saturated carbocycles. The van der Waals surface area contributed by atoms with E-state index in [2.05, 4.69) is 13.8 Å². The summed E-state index contributed by atoms with van der Waals surface area (Å²) in [7, 11) is 0. The van der Waals surface area contributed by atoms with E-state index in [1.165, 1.54) is 32.1 Å². The lowest BCUT2D eigenvalue weighted by atomic mass is 10.1. The van der Waals surface area contributed by atoms with E-state index < -0.39 is 0 Å². The van der Waals surface area contributed by atoms with Gasteiger partial charge in [0.15, 0.2) is 0 Å². The molecule has 0 aromatic carbocycles. The van der Waals surface area contributed by atoms with Gasteiger partial charge in [0.25, 0.3) is 0 Å². The van der Waals surface area contributed by atoms with E-state index in [0.717, 1.165) is 19.5 Å². The summed E-state index contributed by atoms with van der Waals surface area (Å²) in [5.74, 6) is 0.224. The Kier molecular flexibility index (Phi) is 8.70. The second kappa shape index (κ2) is 9.04. The summed E-state index contributed by atoms with van der Waals surface area (Å²) in [5, 5.41) is 0. The van der Waals surface area contributed by atoms with E-state index in [1.54, 1.807) is 6.92 Å². The van der Waals surface area contributed by atoms with Crippen molar-refractivity contribution >= 4 is 5.91 Å². The van der Waals surface area contributed by atoms with Gasteiger partial charge in [-0.3, -0.25) is 4.79 Å². The maximum absolute atomic E-state index is 11.2. The fourth-order valence-corrected chi connectivity index (χ4v) is 1.60. The molecule has 0 radical (unpaired) electrons. The highest BCUT2D eigenvalue weighted by Crippen LogP contribution is 2.04. The Balaban J connectivity index is 3.46. The Morgan fingerprint density at radius 3 is 2.07 bits per heavy atom. The highest BCUT2D eigenvalue weighted by atomic mass is 16.2. The molecule has 0 aliphatic heterocycles. The van der Waals surface area contributed by atoms with Gasteiger partial charge in [-0.05, 0) is 12.8 Å². The van der Waals surface area contributed by atoms with Crippen LogP contribution in [0.2, 0.25) is 0 Å². The minimum absolute atomic E-state index is 0.224. The van der Waals surface area contributed by atoms with Crippen molar-refractivity contribution in [3.63, 3.8) is 0 Å². The van der Waals surface area contributed by atoms with Crippen LogP contribution in [0.4, 0.5) is 0 Å². The normalized spacial score (nSPS) is 10.2. The predicted molar refractivity (Wildman–Crippen MR) is 61.3 cm³/mol. The summed E-state index contributed by atoms with van der Waals surface area (Å²) >= 11 is 0. The predicted octanol–water partition coefficient (Wildman–Crippen LogP) is 3.22. The maximum Gasteiger partial charge on any atom is 0.219 e. The van der Waals surface area contributed by atoms with E-state index in [4.69, 9.17) is 0 Å². The minimum Gasteiger partial charge on any atom is -0.343 e. The maximum atomic E-state index is 11.2. The van der Waals surface area contributed by atoms with Gasteiger partial charge < -0.3 is 4.90 Å². The van der Waals surface area contributed by atoms with Gasteiger partial charge in [0.1, 0.15) is 0 Å². The summed E-state index contributed by atoms with van der Waals surface area (Å²) in [6.07, 6.45) is 7.42. The first-order valence-electron chi connectivity index (χ1n) is 5.97. The Bertz CT molecular complexity index is 145. The van der Waals surface area contributed by atoms with Crippen molar-refractivity contribution in [1.82, 2.24) is 4.90 Å². The standard InChI is InChI=1S/C12H25NO/c1-4-6-7-8-9-11-13(10-5-2)12(3)14/h4-11H2,1-3H3. The van der Waals surface area contributed by atoms with Crippen LogP contribution in [0.5, 0.6) is 0 Å². The van der Waals surface area contributed by atoms with Gasteiger partial charge in [-0.2, -0.15) is 0 Å². The largest absolute Gasteiger partial charge is 0.343 e. The first-order chi connectivity index (χ1) is 6.72. The molecule has 0 atom stereocenters. The number of amides is 1. The van der Waals surface area contributed by atoms with Crippen LogP contribution in [-0.4, -0.2) is 23.9 Å². The van der Waals surface area contributed by atoms with Crippen LogP contribution in [0.3, 0.4) is 0 Å². The van der Waals surface area contributed by atoms with Gasteiger partial charge >= 0.3 is 0 Å². The Hall–Kier alpha value is -0.530. The second-order valence-corrected chi connectivity index (χ2v) is 3.92. The van der Waals surface area contributed by atoms with Crippen LogP contribution < -0.4 is 0 Å². The summed E-state index contributed by atoms with van der Waals surface area (Å²) in [5.41, 5.74) is 0. The zero-order chi connectivity index (χ0) is 10.8. The monoisotopic (exact) mass is 199 g/mol. The van der Waals surface area contributed by atoms with Gasteiger partial charge in [-0.25, -0.2) is 0 Å². The number of carbonyl (C=O) groups is 1. The fraction of sp³-hybridized carbons (Fsp3) is 0.917. The van der Waals surface area contributed by atoms with E-state index in [1.807, 2.05) is 4.90 Å². The average Bonchev–Trinajstić information content (AvgIpc) is 2.15. The van der Waals surface area contributed by atoms with Crippen LogP contribution in [-0.2, 0) is 4.79 Å². The zero-order valence-corrected chi connectivity index (χ0v) is 10.0. The summed E-state index contributed by atoms with van der Waals surface area (Å²) in [6.45, 7) is 7.88. The summed E-state index contributed by atoms with van der Waals surface area (Å²) < 4.78 is 0. The molecule has 0 spiro atoms. The highest BCUT2D eigenvalue weighted by Gasteiger charge is 2.05. The number of nitrogens with zero attached hydrogens (tertiary/aromatic N) is 1. The smallest absolute Gasteiger partial charge is 0.219 e. The topological polar surface area (TPSA) is 20.3 Å². The molecule has 14 heavy (non-hydrogen) atoms. The molecule has 0 aromatic heterocycles. The second-order valence-electron chi connectivity index (χ2n) is 3.92. The molecule has 1 amide bonds. The molecule has 0 aromatic rings. The third kappa shape index (κ3) is 6.93. The van der Waals surface area contributed by atoms with Crippen LogP contribution in [0.1, 0.15) is 59.3 Å². The molecule has 0 heterocycles. The molecule has 84 valence electrons. The van der Waals surface area contributed by atoms with Crippen LogP contribution in [0, 0.1) is 0 Å². The van der Waals surface area contributed by atoms with E-state index >= 15 is 0 Å². The van der Waals surface area contributed by atoms with Gasteiger partial charge in [0, 0.05) is 20.0 Å². The van der Waals surface area contributed by atoms with Crippen molar-refractivity contribution in [3.8, 4) is 0 Å². The minimum atomic E-state index is 0.224. The molecule has 0 N–H and O–H groups in total. The van der Waals surface area contributed by atoms with Gasteiger partial charge in [-0.15, -0.1) is 0 Å². The van der Waals surface area contributed by atoms with E-state index in [9.17, 15) is 4.79 Å².